The zero-order chi connectivity index (χ0) is 21.1. The van der Waals surface area contributed by atoms with E-state index < -0.39 is 17.5 Å². The third kappa shape index (κ3) is 4.95. The molecule has 1 aromatic carbocycles. The van der Waals surface area contributed by atoms with Crippen molar-refractivity contribution < 1.29 is 23.5 Å². The topological polar surface area (TPSA) is 77.8 Å². The number of aryl methyl sites for hydroxylation is 1. The normalized spacial score (nSPS) is 11.9. The van der Waals surface area contributed by atoms with Crippen LogP contribution >= 0.6 is 11.6 Å². The molecule has 0 aliphatic heterocycles. The van der Waals surface area contributed by atoms with Gasteiger partial charge in [0.15, 0.2) is 0 Å². The Hall–Kier alpha value is -2.73. The second kappa shape index (κ2) is 8.52. The number of carbonyl (C=O) groups is 2. The Balaban J connectivity index is 2.67. The van der Waals surface area contributed by atoms with Crippen molar-refractivity contribution in [2.45, 2.75) is 33.2 Å². The molecule has 0 radical (unpaired) electrons. The maximum Gasteiger partial charge on any atom is 0.344 e. The van der Waals surface area contributed by atoms with E-state index in [0.717, 1.165) is 11.1 Å². The minimum atomic E-state index is -0.731. The molecule has 28 heavy (non-hydrogen) atoms. The third-order valence-corrected chi connectivity index (χ3v) is 4.12. The first kappa shape index (κ1) is 21.6. The van der Waals surface area contributed by atoms with Crippen LogP contribution in [0.15, 0.2) is 28.7 Å². The number of furan rings is 1. The molecule has 1 N–H and O–H groups in total. The molecule has 1 aromatic heterocycles. The summed E-state index contributed by atoms with van der Waals surface area (Å²) in [6, 6.07) is 7.54. The van der Waals surface area contributed by atoms with Crippen LogP contribution in [0.3, 0.4) is 0 Å². The first-order valence-electron chi connectivity index (χ1n) is 8.63. The van der Waals surface area contributed by atoms with Gasteiger partial charge in [0.25, 0.3) is 0 Å². The van der Waals surface area contributed by atoms with E-state index in [1.54, 1.807) is 0 Å². The van der Waals surface area contributed by atoms with Gasteiger partial charge >= 0.3 is 11.9 Å². The van der Waals surface area contributed by atoms with Gasteiger partial charge in [0.05, 0.1) is 19.3 Å². The summed E-state index contributed by atoms with van der Waals surface area (Å²) in [7, 11) is 2.45. The molecule has 0 unspecified atom stereocenters. The quantitative estimate of drug-likeness (QED) is 0.696. The Morgan fingerprint density at radius 3 is 2.07 bits per heavy atom. The number of nitrogens with one attached hydrogen (secondary N) is 1. The largest absolute Gasteiger partial charge is 0.465 e. The fourth-order valence-corrected chi connectivity index (χ4v) is 2.72. The lowest BCUT2D eigenvalue weighted by molar-refractivity contribution is 0.0557. The van der Waals surface area contributed by atoms with Gasteiger partial charge < -0.3 is 19.2 Å². The summed E-state index contributed by atoms with van der Waals surface area (Å²) in [5.41, 5.74) is 1.31. The molecule has 150 valence electrons. The Kier molecular flexibility index (Phi) is 6.56. The number of anilines is 1. The number of esters is 2. The summed E-state index contributed by atoms with van der Waals surface area (Å²) >= 11 is 6.43. The minimum absolute atomic E-state index is 0.0381. The van der Waals surface area contributed by atoms with Gasteiger partial charge in [0.1, 0.15) is 16.9 Å². The zero-order valence-electron chi connectivity index (χ0n) is 16.8. The Morgan fingerprint density at radius 1 is 1.04 bits per heavy atom. The maximum atomic E-state index is 12.4. The van der Waals surface area contributed by atoms with Gasteiger partial charge in [-0.2, -0.15) is 0 Å². The highest BCUT2D eigenvalue weighted by Gasteiger charge is 2.32. The molecule has 6 nitrogen and oxygen atoms in total. The summed E-state index contributed by atoms with van der Waals surface area (Å²) in [5.74, 6) is -1.24. The van der Waals surface area contributed by atoms with E-state index in [1.165, 1.54) is 20.3 Å². The fourth-order valence-electron chi connectivity index (χ4n) is 2.49. The summed E-state index contributed by atoms with van der Waals surface area (Å²) < 4.78 is 15.5. The van der Waals surface area contributed by atoms with E-state index in [4.69, 9.17) is 25.5 Å². The number of hydrogen-bond donors (Lipinski definition) is 1. The average molecular weight is 406 g/mol. The molecule has 1 heterocycles. The first-order chi connectivity index (χ1) is 13.1. The minimum Gasteiger partial charge on any atom is -0.465 e. The van der Waals surface area contributed by atoms with Gasteiger partial charge in [0, 0.05) is 11.6 Å². The number of methoxy groups -OCH3 is 2. The predicted molar refractivity (Wildman–Crippen MR) is 110 cm³/mol. The van der Waals surface area contributed by atoms with Gasteiger partial charge in [-0.25, -0.2) is 9.59 Å². The van der Waals surface area contributed by atoms with E-state index in [1.807, 2.05) is 52.0 Å². The summed E-state index contributed by atoms with van der Waals surface area (Å²) in [5, 5.41) is 3.42. The standard InChI is InChI=1S/C21H24ClNO5/c1-12-7-9-13(10-8-12)14(22)11-15-16(19(24)26-5)17(20(25)27-6)18(28-15)23-21(2,3)4/h7-11,23H,1-6H3/b14-11-. The highest BCUT2D eigenvalue weighted by atomic mass is 35.5. The molecule has 0 fully saturated rings. The van der Waals surface area contributed by atoms with Crippen LogP contribution in [-0.2, 0) is 9.47 Å². The number of carbonyl (C=O) groups excluding carboxylic acids is 2. The van der Waals surface area contributed by atoms with Gasteiger partial charge in [-0.3, -0.25) is 0 Å². The summed E-state index contributed by atoms with van der Waals surface area (Å²) in [6.07, 6.45) is 1.48. The average Bonchev–Trinajstić information content (AvgIpc) is 2.96. The fraction of sp³-hybridized carbons (Fsp3) is 0.333. The molecule has 0 aliphatic rings. The van der Waals surface area contributed by atoms with Crippen molar-refractivity contribution >= 4 is 40.5 Å². The third-order valence-electron chi connectivity index (χ3n) is 3.79. The lowest BCUT2D eigenvalue weighted by Crippen LogP contribution is -2.27. The van der Waals surface area contributed by atoms with E-state index in [-0.39, 0.29) is 22.8 Å². The van der Waals surface area contributed by atoms with E-state index in [0.29, 0.717) is 5.03 Å². The molecule has 2 aromatic rings. The lowest BCUT2D eigenvalue weighted by atomic mass is 10.1. The highest BCUT2D eigenvalue weighted by molar-refractivity contribution is 6.51. The molecular formula is C21H24ClNO5. The second-order valence-corrected chi connectivity index (χ2v) is 7.67. The van der Waals surface area contributed by atoms with Crippen molar-refractivity contribution in [2.75, 3.05) is 19.5 Å². The van der Waals surface area contributed by atoms with Crippen molar-refractivity contribution in [1.82, 2.24) is 0 Å². The summed E-state index contributed by atoms with van der Waals surface area (Å²) in [6.45, 7) is 7.64. The van der Waals surface area contributed by atoms with Crippen molar-refractivity contribution in [3.8, 4) is 0 Å². The van der Waals surface area contributed by atoms with E-state index >= 15 is 0 Å². The van der Waals surface area contributed by atoms with Crippen LogP contribution in [0, 0.1) is 6.92 Å². The van der Waals surface area contributed by atoms with Crippen molar-refractivity contribution in [2.24, 2.45) is 0 Å². The first-order valence-corrected chi connectivity index (χ1v) is 9.01. The maximum absolute atomic E-state index is 12.4. The van der Waals surface area contributed by atoms with Gasteiger partial charge in [-0.05, 0) is 33.3 Å². The van der Waals surface area contributed by atoms with Crippen molar-refractivity contribution in [3.05, 3.63) is 52.3 Å². The number of halogens is 1. The number of rotatable bonds is 5. The molecule has 2 rings (SSSR count). The van der Waals surface area contributed by atoms with Crippen LogP contribution in [0.5, 0.6) is 0 Å². The molecule has 0 amide bonds. The van der Waals surface area contributed by atoms with E-state index in [9.17, 15) is 9.59 Å². The zero-order valence-corrected chi connectivity index (χ0v) is 17.6. The molecule has 7 heteroatoms. The van der Waals surface area contributed by atoms with Crippen molar-refractivity contribution in [1.29, 1.82) is 0 Å². The van der Waals surface area contributed by atoms with Gasteiger partial charge in [0.2, 0.25) is 5.88 Å². The number of ether oxygens (including phenoxy) is 2. The molecule has 0 saturated heterocycles. The van der Waals surface area contributed by atoms with Gasteiger partial charge in [-0.15, -0.1) is 0 Å². The smallest absolute Gasteiger partial charge is 0.344 e. The van der Waals surface area contributed by atoms with Crippen molar-refractivity contribution in [3.63, 3.8) is 0 Å². The predicted octanol–water partition coefficient (Wildman–Crippen LogP) is 5.11. The van der Waals surface area contributed by atoms with Crippen LogP contribution < -0.4 is 5.32 Å². The second-order valence-electron chi connectivity index (χ2n) is 7.26. The molecule has 0 saturated carbocycles. The summed E-state index contributed by atoms with van der Waals surface area (Å²) in [4.78, 5) is 24.8. The van der Waals surface area contributed by atoms with E-state index in [2.05, 4.69) is 5.32 Å². The van der Waals surface area contributed by atoms with Crippen LogP contribution in [-0.4, -0.2) is 31.7 Å². The molecule has 0 bridgehead atoms. The Bertz CT molecular complexity index is 904. The monoisotopic (exact) mass is 405 g/mol. The SMILES string of the molecule is COC(=O)c1c(/C=C(\Cl)c2ccc(C)cc2)oc(NC(C)(C)C)c1C(=O)OC. The molecule has 0 spiro atoms. The Labute approximate surface area is 169 Å². The van der Waals surface area contributed by atoms with Crippen LogP contribution in [0.4, 0.5) is 5.88 Å². The molecule has 0 aliphatic carbocycles. The van der Waals surface area contributed by atoms with Crippen LogP contribution in [0.1, 0.15) is 58.4 Å². The lowest BCUT2D eigenvalue weighted by Gasteiger charge is -2.20. The number of benzene rings is 1. The molecule has 0 atom stereocenters. The highest BCUT2D eigenvalue weighted by Crippen LogP contribution is 2.34. The van der Waals surface area contributed by atoms with Gasteiger partial charge in [-0.1, -0.05) is 41.4 Å². The number of hydrogen-bond acceptors (Lipinski definition) is 6. The van der Waals surface area contributed by atoms with Crippen LogP contribution in [0.2, 0.25) is 0 Å². The Morgan fingerprint density at radius 2 is 1.57 bits per heavy atom. The van der Waals surface area contributed by atoms with Crippen LogP contribution in [0.25, 0.3) is 11.1 Å². The molecular weight excluding hydrogens is 382 g/mol.